The van der Waals surface area contributed by atoms with E-state index in [1.165, 1.54) is 0 Å². The second kappa shape index (κ2) is 4.47. The number of hydrogen-bond acceptors (Lipinski definition) is 4. The van der Waals surface area contributed by atoms with Crippen molar-refractivity contribution in [1.29, 1.82) is 0 Å². The molecule has 0 aromatic carbocycles. The summed E-state index contributed by atoms with van der Waals surface area (Å²) in [7, 11) is 0. The van der Waals surface area contributed by atoms with Gasteiger partial charge in [-0.25, -0.2) is 0 Å². The fraction of sp³-hybridized carbons (Fsp3) is 1.00. The lowest BCUT2D eigenvalue weighted by Gasteiger charge is -2.15. The van der Waals surface area contributed by atoms with Crippen LogP contribution in [0.4, 0.5) is 0 Å². The Balaban J connectivity index is 1.92. The number of ether oxygens (including phenoxy) is 4. The fourth-order valence-electron chi connectivity index (χ4n) is 1.08. The van der Waals surface area contributed by atoms with Gasteiger partial charge >= 0.3 is 0 Å². The zero-order valence-electron chi connectivity index (χ0n) is 6.61. The molecule has 2 saturated heterocycles. The second-order valence-electron chi connectivity index (χ2n) is 2.69. The smallest absolute Gasteiger partial charge is 0.212 e. The van der Waals surface area contributed by atoms with E-state index in [1.807, 2.05) is 0 Å². The van der Waals surface area contributed by atoms with Gasteiger partial charge in [-0.2, -0.15) is 0 Å². The van der Waals surface area contributed by atoms with Gasteiger partial charge < -0.3 is 18.9 Å². The molecule has 2 aliphatic rings. The van der Waals surface area contributed by atoms with E-state index in [9.17, 15) is 0 Å². The van der Waals surface area contributed by atoms with Crippen molar-refractivity contribution in [2.24, 2.45) is 0 Å². The van der Waals surface area contributed by atoms with Crippen LogP contribution in [0.5, 0.6) is 0 Å². The van der Waals surface area contributed by atoms with Gasteiger partial charge in [0.25, 0.3) is 0 Å². The summed E-state index contributed by atoms with van der Waals surface area (Å²) in [5.74, 6) is 0. The minimum absolute atomic E-state index is 0.739. The van der Waals surface area contributed by atoms with E-state index < -0.39 is 34.8 Å². The van der Waals surface area contributed by atoms with Crippen molar-refractivity contribution >= 4 is 46.4 Å². The van der Waals surface area contributed by atoms with Gasteiger partial charge in [-0.3, -0.25) is 0 Å². The van der Waals surface area contributed by atoms with Crippen LogP contribution >= 0.6 is 46.4 Å². The van der Waals surface area contributed by atoms with Crippen molar-refractivity contribution in [1.82, 2.24) is 0 Å². The van der Waals surface area contributed by atoms with Gasteiger partial charge in [0.2, 0.25) is 12.6 Å². The maximum atomic E-state index is 5.65. The monoisotopic (exact) mass is 282 g/mol. The summed E-state index contributed by atoms with van der Waals surface area (Å²) in [6, 6.07) is 0. The summed E-state index contributed by atoms with van der Waals surface area (Å²) >= 11 is 22.6. The summed E-state index contributed by atoms with van der Waals surface area (Å²) in [5, 5.41) is 0. The summed E-state index contributed by atoms with van der Waals surface area (Å²) in [6.07, 6.45) is -1.60. The highest BCUT2D eigenvalue weighted by Crippen LogP contribution is 2.34. The van der Waals surface area contributed by atoms with Gasteiger partial charge in [-0.05, 0) is 0 Å². The van der Waals surface area contributed by atoms with Crippen molar-refractivity contribution in [2.75, 3.05) is 0 Å². The van der Waals surface area contributed by atoms with Gasteiger partial charge in [-0.1, -0.05) is 46.4 Å². The summed E-state index contributed by atoms with van der Waals surface area (Å²) in [5.41, 5.74) is -2.96. The third-order valence-electron chi connectivity index (χ3n) is 1.69. The maximum absolute atomic E-state index is 5.65. The van der Waals surface area contributed by atoms with Crippen molar-refractivity contribution < 1.29 is 18.9 Å². The fourth-order valence-corrected chi connectivity index (χ4v) is 1.72. The molecule has 82 valence electrons. The van der Waals surface area contributed by atoms with Gasteiger partial charge in [0.1, 0.15) is 0 Å². The van der Waals surface area contributed by atoms with Gasteiger partial charge in [0.15, 0.2) is 22.3 Å². The third-order valence-corrected chi connectivity index (χ3v) is 3.28. The van der Waals surface area contributed by atoms with E-state index in [0.29, 0.717) is 0 Å². The van der Waals surface area contributed by atoms with Crippen molar-refractivity contribution in [3.63, 3.8) is 0 Å². The quantitative estimate of drug-likeness (QED) is 0.690. The predicted molar refractivity (Wildman–Crippen MR) is 50.5 cm³/mol. The lowest BCUT2D eigenvalue weighted by Crippen LogP contribution is -2.28. The molecule has 0 amide bonds. The predicted octanol–water partition coefficient (Wildman–Crippen LogP) is 1.99. The van der Waals surface area contributed by atoms with E-state index in [1.54, 1.807) is 0 Å². The van der Waals surface area contributed by atoms with Gasteiger partial charge in [0.05, 0.1) is 0 Å². The molecule has 2 aliphatic heterocycles. The van der Waals surface area contributed by atoms with E-state index in [4.69, 9.17) is 65.4 Å². The minimum atomic E-state index is -0.801. The first-order chi connectivity index (χ1) is 6.58. The number of rotatable bonds is 1. The molecule has 2 rings (SSSR count). The lowest BCUT2D eigenvalue weighted by molar-refractivity contribution is -0.209. The molecule has 0 N–H and O–H groups in total. The SMILES string of the molecule is ClC1OC(C2OC(Cl)C(Cl)O2)OC1Cl. The Morgan fingerprint density at radius 2 is 0.714 bits per heavy atom. The van der Waals surface area contributed by atoms with Crippen LogP contribution in [-0.2, 0) is 18.9 Å². The molecule has 14 heavy (non-hydrogen) atoms. The Kier molecular flexibility index (Phi) is 3.67. The topological polar surface area (TPSA) is 36.9 Å². The number of halogens is 4. The minimum Gasteiger partial charge on any atom is -0.324 e. The molecule has 0 aromatic heterocycles. The highest BCUT2D eigenvalue weighted by molar-refractivity contribution is 6.29. The first-order valence-electron chi connectivity index (χ1n) is 3.76. The van der Waals surface area contributed by atoms with Gasteiger partial charge in [-0.15, -0.1) is 0 Å². The first-order valence-corrected chi connectivity index (χ1v) is 5.50. The molecule has 0 saturated carbocycles. The molecular formula is C6H6Cl4O4. The molecule has 0 aliphatic carbocycles. The van der Waals surface area contributed by atoms with Crippen LogP contribution < -0.4 is 0 Å². The van der Waals surface area contributed by atoms with Crippen LogP contribution in [0.2, 0.25) is 0 Å². The lowest BCUT2D eigenvalue weighted by atomic mass is 10.6. The largest absolute Gasteiger partial charge is 0.324 e. The summed E-state index contributed by atoms with van der Waals surface area (Å²) in [6.45, 7) is 0. The average molecular weight is 284 g/mol. The number of alkyl halides is 4. The normalized spacial score (nSPS) is 54.0. The Bertz CT molecular complexity index is 176. The molecule has 8 heteroatoms. The van der Waals surface area contributed by atoms with Crippen molar-refractivity contribution in [2.45, 2.75) is 34.8 Å². The molecule has 0 bridgehead atoms. The zero-order valence-corrected chi connectivity index (χ0v) is 9.63. The van der Waals surface area contributed by atoms with Crippen LogP contribution in [0.1, 0.15) is 0 Å². The molecule has 2 fully saturated rings. The summed E-state index contributed by atoms with van der Waals surface area (Å²) < 4.78 is 20.4. The molecule has 0 radical (unpaired) electrons. The molecule has 0 aromatic rings. The maximum Gasteiger partial charge on any atom is 0.212 e. The highest BCUT2D eigenvalue weighted by atomic mass is 35.5. The van der Waals surface area contributed by atoms with E-state index in [2.05, 4.69) is 0 Å². The van der Waals surface area contributed by atoms with E-state index >= 15 is 0 Å². The van der Waals surface area contributed by atoms with Crippen LogP contribution in [0, 0.1) is 0 Å². The van der Waals surface area contributed by atoms with E-state index in [0.717, 1.165) is 0 Å². The average Bonchev–Trinajstić information content (AvgIpc) is 2.60. The standard InChI is InChI=1S/C6H6Cl4O4/c7-1-2(8)12-5(11-1)6-13-3(9)4(10)14-6/h1-6H. The van der Waals surface area contributed by atoms with Gasteiger partial charge in [0, 0.05) is 0 Å². The Morgan fingerprint density at radius 1 is 0.500 bits per heavy atom. The van der Waals surface area contributed by atoms with Crippen molar-refractivity contribution in [3.05, 3.63) is 0 Å². The zero-order chi connectivity index (χ0) is 10.3. The Morgan fingerprint density at radius 3 is 0.929 bits per heavy atom. The number of hydrogen-bond donors (Lipinski definition) is 0. The van der Waals surface area contributed by atoms with Crippen molar-refractivity contribution in [3.8, 4) is 0 Å². The first kappa shape index (κ1) is 11.5. The molecule has 4 unspecified atom stereocenters. The molecule has 0 spiro atoms. The Hall–Kier alpha value is 1.000. The highest BCUT2D eigenvalue weighted by Gasteiger charge is 2.45. The molecular weight excluding hydrogens is 278 g/mol. The second-order valence-corrected chi connectivity index (χ2v) is 4.41. The van der Waals surface area contributed by atoms with Crippen LogP contribution in [0.25, 0.3) is 0 Å². The molecule has 2 heterocycles. The van der Waals surface area contributed by atoms with Crippen LogP contribution in [0.3, 0.4) is 0 Å². The third kappa shape index (κ3) is 2.23. The van der Waals surface area contributed by atoms with Crippen LogP contribution in [-0.4, -0.2) is 34.8 Å². The summed E-state index contributed by atoms with van der Waals surface area (Å²) in [4.78, 5) is 0. The Labute approximate surface area is 100 Å². The van der Waals surface area contributed by atoms with E-state index in [-0.39, 0.29) is 0 Å². The molecule has 4 atom stereocenters. The van der Waals surface area contributed by atoms with Crippen LogP contribution in [0.15, 0.2) is 0 Å². The molecule has 4 nitrogen and oxygen atoms in total.